The lowest BCUT2D eigenvalue weighted by Crippen LogP contribution is -2.34. The lowest BCUT2D eigenvalue weighted by Gasteiger charge is -2.10. The number of hydrogen-bond donors (Lipinski definition) is 2. The van der Waals surface area contributed by atoms with Gasteiger partial charge in [0, 0.05) is 6.42 Å². The Morgan fingerprint density at radius 3 is 2.64 bits per heavy atom. The molecule has 0 spiro atoms. The monoisotopic (exact) mass is 157 g/mol. The number of allylic oxidation sites excluding steroid dienone is 1. The van der Waals surface area contributed by atoms with Crippen molar-refractivity contribution in [1.82, 2.24) is 5.32 Å². The topological polar surface area (TPSA) is 98.3 Å². The van der Waals surface area contributed by atoms with Crippen molar-refractivity contribution in [1.29, 1.82) is 0 Å². The van der Waals surface area contributed by atoms with Gasteiger partial charge in [-0.15, -0.1) is 0 Å². The van der Waals surface area contributed by atoms with Crippen LogP contribution in [0.2, 0.25) is 0 Å². The Balaban J connectivity index is 2.86. The summed E-state index contributed by atoms with van der Waals surface area (Å²) in [6.07, 6.45) is 0.252. The third kappa shape index (κ3) is 1.46. The Morgan fingerprint density at radius 2 is 2.18 bits per heavy atom. The predicted octanol–water partition coefficient (Wildman–Crippen LogP) is -0.699. The molecule has 0 aromatic rings. The normalized spacial score (nSPS) is 18.0. The highest BCUT2D eigenvalue weighted by Gasteiger charge is 2.23. The number of nitrogens with two attached hydrogens (primary N) is 1. The minimum Gasteiger partial charge on any atom is -0.380 e. The van der Waals surface area contributed by atoms with Gasteiger partial charge in [0.05, 0.1) is 11.3 Å². The van der Waals surface area contributed by atoms with Crippen LogP contribution in [0.25, 0.3) is 0 Å². The van der Waals surface area contributed by atoms with E-state index in [0.717, 1.165) is 0 Å². The van der Waals surface area contributed by atoms with E-state index in [0.29, 0.717) is 0 Å². The van der Waals surface area contributed by atoms with Gasteiger partial charge in [0.1, 0.15) is 0 Å². The molecule has 1 amide bonds. The highest BCUT2D eigenvalue weighted by Crippen LogP contribution is 2.11. The molecule has 0 fully saturated rings. The first kappa shape index (κ1) is 7.52. The smallest absolute Gasteiger partial charge is 0.286 e. The Bertz CT molecular complexity index is 245. The molecule has 0 unspecified atom stereocenters. The van der Waals surface area contributed by atoms with Crippen molar-refractivity contribution in [2.24, 2.45) is 5.73 Å². The molecular weight excluding hydrogens is 150 g/mol. The van der Waals surface area contributed by atoms with Gasteiger partial charge in [0.2, 0.25) is 5.91 Å². The largest absolute Gasteiger partial charge is 0.380 e. The molecule has 0 radical (unpaired) electrons. The quantitative estimate of drug-likeness (QED) is 0.388. The lowest BCUT2D eigenvalue weighted by molar-refractivity contribution is -0.430. The van der Waals surface area contributed by atoms with E-state index in [4.69, 9.17) is 5.73 Å². The average molecular weight is 157 g/mol. The first-order valence-electron chi connectivity index (χ1n) is 3.04. The van der Waals surface area contributed by atoms with Crippen LogP contribution in [0.5, 0.6) is 0 Å². The highest BCUT2D eigenvalue weighted by molar-refractivity contribution is 5.79. The van der Waals surface area contributed by atoms with Crippen molar-refractivity contribution in [3.63, 3.8) is 0 Å². The Hall–Kier alpha value is -1.59. The van der Waals surface area contributed by atoms with E-state index in [2.05, 4.69) is 5.32 Å². The van der Waals surface area contributed by atoms with E-state index in [1.54, 1.807) is 0 Å². The predicted molar refractivity (Wildman–Crippen MR) is 35.6 cm³/mol. The molecule has 0 aromatic heterocycles. The van der Waals surface area contributed by atoms with Gasteiger partial charge in [-0.3, -0.25) is 14.9 Å². The summed E-state index contributed by atoms with van der Waals surface area (Å²) in [5, 5.41) is 12.4. The van der Waals surface area contributed by atoms with E-state index >= 15 is 0 Å². The number of carbonyl (C=O) groups excluding carboxylic acids is 1. The Kier molecular flexibility index (Phi) is 1.75. The van der Waals surface area contributed by atoms with Crippen molar-refractivity contribution in [2.45, 2.75) is 12.8 Å². The van der Waals surface area contributed by atoms with Crippen LogP contribution in [-0.2, 0) is 4.79 Å². The fraction of sp³-hybridized carbons (Fsp3) is 0.400. The molecule has 6 nitrogen and oxygen atoms in total. The summed E-state index contributed by atoms with van der Waals surface area (Å²) in [5.41, 5.74) is 5.07. The number of amides is 1. The van der Waals surface area contributed by atoms with Crippen molar-refractivity contribution >= 4 is 5.91 Å². The fourth-order valence-corrected chi connectivity index (χ4v) is 0.841. The van der Waals surface area contributed by atoms with Gasteiger partial charge in [-0.05, 0) is 0 Å². The summed E-state index contributed by atoms with van der Waals surface area (Å²) in [5.74, 6) is -0.403. The van der Waals surface area contributed by atoms with Gasteiger partial charge in [-0.1, -0.05) is 0 Å². The van der Waals surface area contributed by atoms with Gasteiger partial charge in [0.15, 0.2) is 5.82 Å². The maximum atomic E-state index is 10.6. The van der Waals surface area contributed by atoms with Gasteiger partial charge < -0.3 is 11.1 Å². The molecule has 0 aliphatic carbocycles. The summed E-state index contributed by atoms with van der Waals surface area (Å²) in [6, 6.07) is 0. The van der Waals surface area contributed by atoms with Gasteiger partial charge in [-0.25, -0.2) is 0 Å². The zero-order valence-electron chi connectivity index (χ0n) is 5.66. The second-order valence-corrected chi connectivity index (χ2v) is 2.17. The molecular formula is C5H7N3O3. The molecule has 0 bridgehead atoms. The third-order valence-electron chi connectivity index (χ3n) is 1.39. The van der Waals surface area contributed by atoms with Crippen LogP contribution >= 0.6 is 0 Å². The van der Waals surface area contributed by atoms with Gasteiger partial charge in [0.25, 0.3) is 5.70 Å². The summed E-state index contributed by atoms with van der Waals surface area (Å²) in [6.45, 7) is 0. The summed E-state index contributed by atoms with van der Waals surface area (Å²) < 4.78 is 0. The van der Waals surface area contributed by atoms with E-state index in [1.807, 2.05) is 0 Å². The van der Waals surface area contributed by atoms with Gasteiger partial charge in [-0.2, -0.15) is 0 Å². The van der Waals surface area contributed by atoms with Crippen LogP contribution in [0, 0.1) is 10.1 Å². The lowest BCUT2D eigenvalue weighted by atomic mass is 10.2. The molecule has 11 heavy (non-hydrogen) atoms. The number of nitrogens with one attached hydrogen (secondary N) is 1. The molecule has 1 aliphatic rings. The first-order valence-corrected chi connectivity index (χ1v) is 3.04. The number of nitrogens with zero attached hydrogens (tertiary/aromatic N) is 1. The van der Waals surface area contributed by atoms with Crippen LogP contribution in [-0.4, -0.2) is 10.8 Å². The summed E-state index contributed by atoms with van der Waals surface area (Å²) in [7, 11) is 0. The summed E-state index contributed by atoms with van der Waals surface area (Å²) in [4.78, 5) is 20.2. The minimum atomic E-state index is -0.575. The molecule has 6 heteroatoms. The standard InChI is InChI=1S/C5H7N3O3/c6-5-3(8(10)11)1-2-4(9)7-5/h1-2,6H2,(H,7,9). The van der Waals surface area contributed by atoms with Crippen LogP contribution in [0.15, 0.2) is 11.5 Å². The Labute approximate surface area is 62.2 Å². The fourth-order valence-electron chi connectivity index (χ4n) is 0.841. The number of rotatable bonds is 1. The van der Waals surface area contributed by atoms with Crippen molar-refractivity contribution in [3.8, 4) is 0 Å². The van der Waals surface area contributed by atoms with Crippen LogP contribution in [0.1, 0.15) is 12.8 Å². The van der Waals surface area contributed by atoms with Crippen molar-refractivity contribution in [2.75, 3.05) is 0 Å². The maximum Gasteiger partial charge on any atom is 0.286 e. The molecule has 0 atom stereocenters. The molecule has 60 valence electrons. The molecule has 3 N–H and O–H groups in total. The zero-order valence-corrected chi connectivity index (χ0v) is 5.66. The second-order valence-electron chi connectivity index (χ2n) is 2.17. The molecule has 1 rings (SSSR count). The van der Waals surface area contributed by atoms with Gasteiger partial charge >= 0.3 is 0 Å². The van der Waals surface area contributed by atoms with Crippen molar-refractivity contribution in [3.05, 3.63) is 21.6 Å². The molecule has 0 saturated carbocycles. The highest BCUT2D eigenvalue weighted by atomic mass is 16.6. The zero-order chi connectivity index (χ0) is 8.43. The maximum absolute atomic E-state index is 10.6. The number of carbonyl (C=O) groups is 1. The first-order chi connectivity index (χ1) is 5.11. The molecule has 0 saturated heterocycles. The van der Waals surface area contributed by atoms with E-state index in [1.165, 1.54) is 0 Å². The third-order valence-corrected chi connectivity index (χ3v) is 1.39. The average Bonchev–Trinajstić information content (AvgIpc) is 1.85. The summed E-state index contributed by atoms with van der Waals surface area (Å²) >= 11 is 0. The van der Waals surface area contributed by atoms with Crippen LogP contribution in [0.3, 0.4) is 0 Å². The van der Waals surface area contributed by atoms with Crippen molar-refractivity contribution < 1.29 is 9.72 Å². The second kappa shape index (κ2) is 2.57. The van der Waals surface area contributed by atoms with Crippen LogP contribution < -0.4 is 11.1 Å². The SMILES string of the molecule is NC1=C([N+](=O)[O-])CCC(=O)N1. The van der Waals surface area contributed by atoms with E-state index in [9.17, 15) is 14.9 Å². The Morgan fingerprint density at radius 1 is 1.55 bits per heavy atom. The van der Waals surface area contributed by atoms with Crippen LogP contribution in [0.4, 0.5) is 0 Å². The van der Waals surface area contributed by atoms with E-state index < -0.39 is 4.92 Å². The number of nitro groups is 1. The number of hydrogen-bond acceptors (Lipinski definition) is 4. The minimum absolute atomic E-state index is 0.107. The molecule has 0 aromatic carbocycles. The van der Waals surface area contributed by atoms with E-state index in [-0.39, 0.29) is 30.3 Å². The molecule has 1 aliphatic heterocycles. The molecule has 1 heterocycles.